The second-order valence-electron chi connectivity index (χ2n) is 7.53. The number of carbonyl (C=O) groups is 1. The van der Waals surface area contributed by atoms with Crippen LogP contribution in [0.5, 0.6) is 5.75 Å². The van der Waals surface area contributed by atoms with Crippen LogP contribution in [0.3, 0.4) is 0 Å². The lowest BCUT2D eigenvalue weighted by Gasteiger charge is -2.23. The highest BCUT2D eigenvalue weighted by Crippen LogP contribution is 2.34. The van der Waals surface area contributed by atoms with Crippen molar-refractivity contribution < 1.29 is 17.9 Å². The lowest BCUT2D eigenvalue weighted by atomic mass is 10.1. The predicted molar refractivity (Wildman–Crippen MR) is 121 cm³/mol. The molecule has 1 atom stereocenters. The third kappa shape index (κ3) is 3.65. The van der Waals surface area contributed by atoms with Crippen LogP contribution in [0, 0.1) is 0 Å². The summed E-state index contributed by atoms with van der Waals surface area (Å²) in [6, 6.07) is 20.9. The number of nitrogens with zero attached hydrogens (tertiary/aromatic N) is 2. The number of hydrogen-bond acceptors (Lipinski definition) is 4. The maximum Gasteiger partial charge on any atom is 0.264 e. The van der Waals surface area contributed by atoms with Crippen LogP contribution < -0.4 is 13.9 Å². The summed E-state index contributed by atoms with van der Waals surface area (Å²) in [5.41, 5.74) is 2.93. The molecule has 1 aliphatic heterocycles. The van der Waals surface area contributed by atoms with Gasteiger partial charge in [0.05, 0.1) is 17.7 Å². The van der Waals surface area contributed by atoms with Crippen molar-refractivity contribution in [3.8, 4) is 5.75 Å². The van der Waals surface area contributed by atoms with Gasteiger partial charge in [0.1, 0.15) is 5.75 Å². The number of rotatable bonds is 5. The molecule has 1 aliphatic rings. The first-order valence-corrected chi connectivity index (χ1v) is 11.4. The van der Waals surface area contributed by atoms with Crippen molar-refractivity contribution >= 4 is 27.3 Å². The van der Waals surface area contributed by atoms with E-state index >= 15 is 0 Å². The highest BCUT2D eigenvalue weighted by Gasteiger charge is 2.31. The molecule has 0 aliphatic carbocycles. The monoisotopic (exact) mass is 436 g/mol. The fourth-order valence-electron chi connectivity index (χ4n) is 3.96. The van der Waals surface area contributed by atoms with E-state index in [4.69, 9.17) is 4.74 Å². The maximum atomic E-state index is 13.2. The van der Waals surface area contributed by atoms with Gasteiger partial charge >= 0.3 is 0 Å². The van der Waals surface area contributed by atoms with E-state index in [1.807, 2.05) is 31.2 Å². The zero-order valence-electron chi connectivity index (χ0n) is 17.6. The molecular weight excluding hydrogens is 412 g/mol. The van der Waals surface area contributed by atoms with Gasteiger partial charge in [0.15, 0.2) is 0 Å². The molecule has 4 rings (SSSR count). The Balaban J connectivity index is 1.61. The number of para-hydroxylation sites is 3. The van der Waals surface area contributed by atoms with Crippen LogP contribution in [-0.2, 0) is 16.4 Å². The minimum Gasteiger partial charge on any atom is -0.495 e. The third-order valence-electron chi connectivity index (χ3n) is 5.61. The molecule has 7 heteroatoms. The van der Waals surface area contributed by atoms with Crippen molar-refractivity contribution in [2.45, 2.75) is 24.3 Å². The molecule has 3 aromatic rings. The van der Waals surface area contributed by atoms with Gasteiger partial charge in [-0.15, -0.1) is 0 Å². The normalized spacial score (nSPS) is 15.5. The number of sulfonamides is 1. The average molecular weight is 437 g/mol. The first kappa shape index (κ1) is 20.9. The number of amides is 1. The predicted octanol–water partition coefficient (Wildman–Crippen LogP) is 4.11. The zero-order chi connectivity index (χ0) is 22.2. The number of anilines is 2. The standard InChI is InChI=1S/C24H24N2O4S/c1-17-16-19-8-4-5-9-21(19)26(17)24(27)18-12-14-20(15-13-18)31(28,29)25(2)22-10-6-7-11-23(22)30-3/h4-15,17H,16H2,1-3H3. The Morgan fingerprint density at radius 1 is 1.00 bits per heavy atom. The Morgan fingerprint density at radius 2 is 1.65 bits per heavy atom. The molecule has 160 valence electrons. The largest absolute Gasteiger partial charge is 0.495 e. The molecule has 0 spiro atoms. The topological polar surface area (TPSA) is 66.9 Å². The number of methoxy groups -OCH3 is 1. The van der Waals surface area contributed by atoms with Crippen LogP contribution in [0.1, 0.15) is 22.8 Å². The Hall–Kier alpha value is -3.32. The molecule has 0 N–H and O–H groups in total. The molecule has 3 aromatic carbocycles. The second-order valence-corrected chi connectivity index (χ2v) is 9.50. The minimum absolute atomic E-state index is 0.0463. The lowest BCUT2D eigenvalue weighted by Crippen LogP contribution is -2.35. The van der Waals surface area contributed by atoms with Crippen LogP contribution in [0.25, 0.3) is 0 Å². The molecule has 31 heavy (non-hydrogen) atoms. The van der Waals surface area contributed by atoms with Crippen molar-refractivity contribution in [3.05, 3.63) is 83.9 Å². The minimum atomic E-state index is -3.82. The lowest BCUT2D eigenvalue weighted by molar-refractivity contribution is 0.0981. The first-order valence-electron chi connectivity index (χ1n) is 9.98. The summed E-state index contributed by atoms with van der Waals surface area (Å²) in [7, 11) is -0.839. The number of carbonyl (C=O) groups excluding carboxylic acids is 1. The van der Waals surface area contributed by atoms with Gasteiger partial charge in [-0.05, 0) is 61.4 Å². The molecule has 6 nitrogen and oxygen atoms in total. The highest BCUT2D eigenvalue weighted by molar-refractivity contribution is 7.92. The fraction of sp³-hybridized carbons (Fsp3) is 0.208. The van der Waals surface area contributed by atoms with E-state index in [0.29, 0.717) is 17.0 Å². The van der Waals surface area contributed by atoms with Crippen molar-refractivity contribution in [2.24, 2.45) is 0 Å². The summed E-state index contributed by atoms with van der Waals surface area (Å²) in [6.45, 7) is 2.01. The second kappa shape index (κ2) is 8.07. The molecule has 0 bridgehead atoms. The van der Waals surface area contributed by atoms with E-state index < -0.39 is 10.0 Å². The van der Waals surface area contributed by atoms with Crippen molar-refractivity contribution in [3.63, 3.8) is 0 Å². The summed E-state index contributed by atoms with van der Waals surface area (Å²) in [5, 5.41) is 0. The van der Waals surface area contributed by atoms with Crippen LogP contribution in [0.2, 0.25) is 0 Å². The smallest absolute Gasteiger partial charge is 0.264 e. The van der Waals surface area contributed by atoms with E-state index in [9.17, 15) is 13.2 Å². The third-order valence-corrected chi connectivity index (χ3v) is 7.40. The van der Waals surface area contributed by atoms with Crippen LogP contribution in [0.4, 0.5) is 11.4 Å². The average Bonchev–Trinajstić information content (AvgIpc) is 3.13. The maximum absolute atomic E-state index is 13.2. The zero-order valence-corrected chi connectivity index (χ0v) is 18.5. The van der Waals surface area contributed by atoms with Gasteiger partial charge in [-0.2, -0.15) is 0 Å². The van der Waals surface area contributed by atoms with E-state index in [1.54, 1.807) is 41.3 Å². The van der Waals surface area contributed by atoms with Gasteiger partial charge in [-0.3, -0.25) is 9.10 Å². The van der Waals surface area contributed by atoms with Gasteiger partial charge < -0.3 is 9.64 Å². The molecule has 1 amide bonds. The molecule has 1 unspecified atom stereocenters. The van der Waals surface area contributed by atoms with Crippen LogP contribution >= 0.6 is 0 Å². The SMILES string of the molecule is COc1ccccc1N(C)S(=O)(=O)c1ccc(C(=O)N2c3ccccc3CC2C)cc1. The molecule has 0 radical (unpaired) electrons. The molecule has 1 heterocycles. The van der Waals surface area contributed by atoms with Crippen LogP contribution in [0.15, 0.2) is 77.7 Å². The Kier molecular flexibility index (Phi) is 5.45. The summed E-state index contributed by atoms with van der Waals surface area (Å²) in [6.07, 6.45) is 0.804. The Morgan fingerprint density at radius 3 is 2.35 bits per heavy atom. The van der Waals surface area contributed by atoms with E-state index in [2.05, 4.69) is 0 Å². The fourth-order valence-corrected chi connectivity index (χ4v) is 5.17. The Bertz CT molecular complexity index is 1220. The van der Waals surface area contributed by atoms with Crippen molar-refractivity contribution in [1.82, 2.24) is 0 Å². The van der Waals surface area contributed by atoms with Gasteiger partial charge in [0.25, 0.3) is 15.9 Å². The van der Waals surface area contributed by atoms with Gasteiger partial charge in [0, 0.05) is 24.3 Å². The van der Waals surface area contributed by atoms with Gasteiger partial charge in [0.2, 0.25) is 0 Å². The Labute approximate surface area is 182 Å². The van der Waals surface area contributed by atoms with Gasteiger partial charge in [-0.1, -0.05) is 30.3 Å². The molecule has 0 saturated heterocycles. The molecule has 0 fully saturated rings. The van der Waals surface area contributed by atoms with Gasteiger partial charge in [-0.25, -0.2) is 8.42 Å². The summed E-state index contributed by atoms with van der Waals surface area (Å²) < 4.78 is 32.7. The summed E-state index contributed by atoms with van der Waals surface area (Å²) in [4.78, 5) is 15.1. The number of ether oxygens (including phenoxy) is 1. The summed E-state index contributed by atoms with van der Waals surface area (Å²) in [5.74, 6) is 0.321. The number of fused-ring (bicyclic) bond motifs is 1. The number of hydrogen-bond donors (Lipinski definition) is 0. The van der Waals surface area contributed by atoms with E-state index in [-0.39, 0.29) is 16.8 Å². The number of benzene rings is 3. The summed E-state index contributed by atoms with van der Waals surface area (Å²) >= 11 is 0. The van der Waals surface area contributed by atoms with Crippen LogP contribution in [-0.4, -0.2) is 34.5 Å². The first-order chi connectivity index (χ1) is 14.8. The molecule has 0 aromatic heterocycles. The van der Waals surface area contributed by atoms with Crippen molar-refractivity contribution in [2.75, 3.05) is 23.4 Å². The van der Waals surface area contributed by atoms with Crippen molar-refractivity contribution in [1.29, 1.82) is 0 Å². The van der Waals surface area contributed by atoms with E-state index in [1.165, 1.54) is 30.6 Å². The quantitative estimate of drug-likeness (QED) is 0.604. The molecular formula is C24H24N2O4S. The molecule has 0 saturated carbocycles. The van der Waals surface area contributed by atoms with E-state index in [0.717, 1.165) is 17.7 Å². The highest BCUT2D eigenvalue weighted by atomic mass is 32.2.